The van der Waals surface area contributed by atoms with Crippen LogP contribution in [0.1, 0.15) is 40.2 Å². The Hall–Kier alpha value is -1.89. The Morgan fingerprint density at radius 1 is 1.30 bits per heavy atom. The molecule has 1 aromatic carbocycles. The highest BCUT2D eigenvalue weighted by Gasteiger charge is 2.40. The number of ether oxygens (including phenoxy) is 1. The van der Waals surface area contributed by atoms with E-state index in [-0.39, 0.29) is 23.9 Å². The smallest absolute Gasteiger partial charge is 0.272 e. The molecule has 0 saturated carbocycles. The van der Waals surface area contributed by atoms with Gasteiger partial charge in [0.15, 0.2) is 5.69 Å². The van der Waals surface area contributed by atoms with Crippen LogP contribution in [0.25, 0.3) is 0 Å². The van der Waals surface area contributed by atoms with E-state index in [1.807, 2.05) is 29.9 Å². The fraction of sp³-hybridized carbons (Fsp3) is 0.500. The normalized spacial score (nSPS) is 17.8. The summed E-state index contributed by atoms with van der Waals surface area (Å²) in [5.74, 6) is -0.109. The first kappa shape index (κ1) is 19.9. The van der Waals surface area contributed by atoms with Crippen molar-refractivity contribution in [2.75, 3.05) is 19.6 Å². The van der Waals surface area contributed by atoms with Gasteiger partial charge in [-0.05, 0) is 37.9 Å². The molecule has 1 amide bonds. The lowest BCUT2D eigenvalue weighted by Gasteiger charge is -2.40. The van der Waals surface area contributed by atoms with Crippen LogP contribution in [-0.2, 0) is 31.2 Å². The highest BCUT2D eigenvalue weighted by Crippen LogP contribution is 2.35. The molecule has 1 spiro atoms. The lowest BCUT2D eigenvalue weighted by Crippen LogP contribution is -2.47. The molecule has 27 heavy (non-hydrogen) atoms. The van der Waals surface area contributed by atoms with Crippen LogP contribution >= 0.6 is 12.4 Å². The van der Waals surface area contributed by atoms with Gasteiger partial charge in [-0.2, -0.15) is 5.10 Å². The summed E-state index contributed by atoms with van der Waals surface area (Å²) >= 11 is 0. The molecule has 4 rings (SSSR count). The predicted molar refractivity (Wildman–Crippen MR) is 106 cm³/mol. The number of halogens is 1. The van der Waals surface area contributed by atoms with E-state index in [9.17, 15) is 4.79 Å². The van der Waals surface area contributed by atoms with Gasteiger partial charge in [-0.15, -0.1) is 12.4 Å². The van der Waals surface area contributed by atoms with E-state index in [2.05, 4.69) is 27.9 Å². The number of hydrogen-bond acceptors (Lipinski definition) is 4. The Kier molecular flexibility index (Phi) is 6.19. The van der Waals surface area contributed by atoms with Gasteiger partial charge >= 0.3 is 0 Å². The molecular formula is C20H27ClN4O2. The van der Waals surface area contributed by atoms with E-state index in [0.717, 1.165) is 50.0 Å². The third-order valence-electron chi connectivity index (χ3n) is 5.56. The Bertz CT molecular complexity index is 785. The van der Waals surface area contributed by atoms with Gasteiger partial charge in [0, 0.05) is 31.3 Å². The van der Waals surface area contributed by atoms with Crippen LogP contribution in [0.15, 0.2) is 30.3 Å². The van der Waals surface area contributed by atoms with Crippen LogP contribution in [0.2, 0.25) is 0 Å². The maximum Gasteiger partial charge on any atom is 0.272 e. The van der Waals surface area contributed by atoms with Crippen LogP contribution in [-0.4, -0.2) is 40.9 Å². The third kappa shape index (κ3) is 4.18. The maximum absolute atomic E-state index is 12.6. The van der Waals surface area contributed by atoms with Gasteiger partial charge in [0.25, 0.3) is 5.91 Å². The summed E-state index contributed by atoms with van der Waals surface area (Å²) in [6, 6.07) is 10.2. The molecule has 146 valence electrons. The van der Waals surface area contributed by atoms with E-state index in [4.69, 9.17) is 4.74 Å². The summed E-state index contributed by atoms with van der Waals surface area (Å²) in [4.78, 5) is 12.6. The number of rotatable bonds is 4. The Morgan fingerprint density at radius 3 is 2.78 bits per heavy atom. The Balaban J connectivity index is 0.00000210. The number of piperidine rings is 1. The fourth-order valence-corrected chi connectivity index (χ4v) is 3.99. The Morgan fingerprint density at radius 2 is 2.04 bits per heavy atom. The highest BCUT2D eigenvalue weighted by atomic mass is 35.5. The molecule has 0 atom stereocenters. The largest absolute Gasteiger partial charge is 0.370 e. The van der Waals surface area contributed by atoms with E-state index in [0.29, 0.717) is 18.8 Å². The summed E-state index contributed by atoms with van der Waals surface area (Å²) in [5.41, 5.74) is 3.74. The van der Waals surface area contributed by atoms with Gasteiger partial charge < -0.3 is 15.4 Å². The van der Waals surface area contributed by atoms with Gasteiger partial charge in [-0.1, -0.05) is 30.3 Å². The SMILES string of the molecule is Cl.Cn1nc(C(=O)NCCc2ccccc2)c2c1CC1(CCNCC1)OC2. The molecule has 1 saturated heterocycles. The van der Waals surface area contributed by atoms with Gasteiger partial charge in [0.1, 0.15) is 0 Å². The molecule has 2 N–H and O–H groups in total. The molecule has 2 aliphatic rings. The zero-order chi connectivity index (χ0) is 18.0. The van der Waals surface area contributed by atoms with Crippen molar-refractivity contribution in [1.29, 1.82) is 0 Å². The number of hydrogen-bond donors (Lipinski definition) is 2. The number of benzene rings is 1. The maximum atomic E-state index is 12.6. The van der Waals surface area contributed by atoms with Crippen molar-refractivity contribution >= 4 is 18.3 Å². The number of nitrogens with zero attached hydrogens (tertiary/aromatic N) is 2. The quantitative estimate of drug-likeness (QED) is 0.838. The fourth-order valence-electron chi connectivity index (χ4n) is 3.99. The lowest BCUT2D eigenvalue weighted by molar-refractivity contribution is -0.0869. The summed E-state index contributed by atoms with van der Waals surface area (Å²) < 4.78 is 8.11. The lowest BCUT2D eigenvalue weighted by atomic mass is 9.84. The van der Waals surface area contributed by atoms with Crippen molar-refractivity contribution in [1.82, 2.24) is 20.4 Å². The molecule has 2 aromatic rings. The van der Waals surface area contributed by atoms with Crippen molar-refractivity contribution in [3.63, 3.8) is 0 Å². The average Bonchev–Trinajstić information content (AvgIpc) is 2.99. The summed E-state index contributed by atoms with van der Waals surface area (Å²) in [6.45, 7) is 3.05. The molecule has 7 heteroatoms. The van der Waals surface area contributed by atoms with Crippen LogP contribution in [0, 0.1) is 0 Å². The van der Waals surface area contributed by atoms with Crippen LogP contribution < -0.4 is 10.6 Å². The molecule has 0 unspecified atom stereocenters. The molecule has 1 fully saturated rings. The topological polar surface area (TPSA) is 68.2 Å². The number of amides is 1. The number of fused-ring (bicyclic) bond motifs is 1. The number of nitrogens with one attached hydrogen (secondary N) is 2. The van der Waals surface area contributed by atoms with E-state index >= 15 is 0 Å². The molecule has 0 bridgehead atoms. The molecular weight excluding hydrogens is 364 g/mol. The zero-order valence-electron chi connectivity index (χ0n) is 15.7. The number of aromatic nitrogens is 2. The molecule has 3 heterocycles. The summed E-state index contributed by atoms with van der Waals surface area (Å²) in [6.07, 6.45) is 3.67. The van der Waals surface area contributed by atoms with Gasteiger partial charge in [-0.25, -0.2) is 0 Å². The van der Waals surface area contributed by atoms with Crippen LogP contribution in [0.5, 0.6) is 0 Å². The van der Waals surface area contributed by atoms with Gasteiger partial charge in [0.2, 0.25) is 0 Å². The van der Waals surface area contributed by atoms with E-state index in [1.54, 1.807) is 0 Å². The first-order valence-electron chi connectivity index (χ1n) is 9.38. The number of aryl methyl sites for hydroxylation is 1. The molecule has 2 aliphatic heterocycles. The average molecular weight is 391 g/mol. The van der Waals surface area contributed by atoms with Crippen LogP contribution in [0.3, 0.4) is 0 Å². The minimum absolute atomic E-state index is 0. The highest BCUT2D eigenvalue weighted by molar-refractivity contribution is 5.94. The number of carbonyl (C=O) groups is 1. The van der Waals surface area contributed by atoms with Gasteiger partial charge in [0.05, 0.1) is 12.2 Å². The van der Waals surface area contributed by atoms with E-state index < -0.39 is 0 Å². The van der Waals surface area contributed by atoms with Gasteiger partial charge in [-0.3, -0.25) is 9.48 Å². The summed E-state index contributed by atoms with van der Waals surface area (Å²) in [7, 11) is 1.93. The van der Waals surface area contributed by atoms with Crippen molar-refractivity contribution < 1.29 is 9.53 Å². The molecule has 0 radical (unpaired) electrons. The molecule has 1 aromatic heterocycles. The first-order chi connectivity index (χ1) is 12.7. The second-order valence-corrected chi connectivity index (χ2v) is 7.29. The number of carbonyl (C=O) groups excluding carboxylic acids is 1. The Labute approximate surface area is 166 Å². The second-order valence-electron chi connectivity index (χ2n) is 7.29. The minimum Gasteiger partial charge on any atom is -0.370 e. The van der Waals surface area contributed by atoms with Crippen molar-refractivity contribution in [2.24, 2.45) is 7.05 Å². The van der Waals surface area contributed by atoms with Crippen LogP contribution in [0.4, 0.5) is 0 Å². The summed E-state index contributed by atoms with van der Waals surface area (Å²) in [5, 5.41) is 10.9. The first-order valence-corrected chi connectivity index (χ1v) is 9.38. The molecule has 6 nitrogen and oxygen atoms in total. The monoisotopic (exact) mass is 390 g/mol. The zero-order valence-corrected chi connectivity index (χ0v) is 16.5. The second kappa shape index (κ2) is 8.42. The third-order valence-corrected chi connectivity index (χ3v) is 5.56. The van der Waals surface area contributed by atoms with Crippen molar-refractivity contribution in [2.45, 2.75) is 37.9 Å². The van der Waals surface area contributed by atoms with E-state index in [1.165, 1.54) is 5.56 Å². The minimum atomic E-state index is -0.109. The molecule has 0 aliphatic carbocycles. The predicted octanol–water partition coefficient (Wildman–Crippen LogP) is 2.01. The van der Waals surface area contributed by atoms with Crippen molar-refractivity contribution in [3.05, 3.63) is 52.8 Å². The van der Waals surface area contributed by atoms with Crippen molar-refractivity contribution in [3.8, 4) is 0 Å². The standard InChI is InChI=1S/C20H26N4O2.ClH/c1-24-17-13-20(8-11-21-12-9-20)26-14-16(17)18(23-24)19(25)22-10-7-15-5-3-2-4-6-15;/h2-6,21H,7-14H2,1H3,(H,22,25);1H.